The van der Waals surface area contributed by atoms with Crippen molar-refractivity contribution in [3.8, 4) is 5.88 Å². The molecule has 1 atom stereocenters. The molecule has 34 heavy (non-hydrogen) atoms. The van der Waals surface area contributed by atoms with Crippen LogP contribution >= 0.6 is 11.6 Å². The van der Waals surface area contributed by atoms with Gasteiger partial charge in [-0.3, -0.25) is 19.4 Å². The van der Waals surface area contributed by atoms with Gasteiger partial charge >= 0.3 is 6.18 Å². The second-order valence-electron chi connectivity index (χ2n) is 7.60. The largest absolute Gasteiger partial charge is 0.467 e. The molecule has 0 fully saturated rings. The standard InChI is InChI=1S/C21H21ClF3N5O4/c1-11(12-6-15(22)19(29-8-12)34-10-21(23,24)25)30-9-14-13(20(30)33)2-4-27-16(14)7-18(32)28-5-3-17(26)31/h2,4,6,8,11H,3,5,7,9-10H2,1H3,(H2,26,31)(H,28,32). The van der Waals surface area contributed by atoms with Crippen LogP contribution in [0.3, 0.4) is 0 Å². The van der Waals surface area contributed by atoms with Crippen LogP contribution in [0.1, 0.15) is 46.6 Å². The van der Waals surface area contributed by atoms with E-state index in [-0.39, 0.29) is 48.6 Å². The number of carbonyl (C=O) groups is 3. The minimum Gasteiger partial charge on any atom is -0.467 e. The van der Waals surface area contributed by atoms with Gasteiger partial charge in [-0.05, 0) is 24.6 Å². The maximum absolute atomic E-state index is 13.0. The molecule has 3 heterocycles. The molecule has 182 valence electrons. The first-order valence-corrected chi connectivity index (χ1v) is 10.5. The first-order valence-electron chi connectivity index (χ1n) is 10.1. The molecular weight excluding hydrogens is 479 g/mol. The molecule has 3 amide bonds. The molecule has 13 heteroatoms. The van der Waals surface area contributed by atoms with E-state index < -0.39 is 24.7 Å². The van der Waals surface area contributed by atoms with Crippen LogP contribution < -0.4 is 15.8 Å². The predicted octanol–water partition coefficient (Wildman–Crippen LogP) is 2.32. The zero-order valence-corrected chi connectivity index (χ0v) is 18.7. The number of nitrogens with one attached hydrogen (secondary N) is 1. The quantitative estimate of drug-likeness (QED) is 0.545. The van der Waals surface area contributed by atoms with Crippen LogP contribution in [0.4, 0.5) is 13.2 Å². The van der Waals surface area contributed by atoms with E-state index in [2.05, 4.69) is 20.0 Å². The molecule has 3 rings (SSSR count). The number of ether oxygens (including phenoxy) is 1. The summed E-state index contributed by atoms with van der Waals surface area (Å²) in [4.78, 5) is 45.6. The maximum atomic E-state index is 13.0. The molecule has 0 aliphatic carbocycles. The van der Waals surface area contributed by atoms with Gasteiger partial charge in [0.25, 0.3) is 5.91 Å². The third kappa shape index (κ3) is 6.13. The van der Waals surface area contributed by atoms with E-state index in [1.165, 1.54) is 23.4 Å². The molecule has 2 aromatic rings. The number of primary amides is 1. The molecule has 0 aromatic carbocycles. The summed E-state index contributed by atoms with van der Waals surface area (Å²) in [5, 5.41) is 2.45. The second-order valence-corrected chi connectivity index (χ2v) is 8.00. The molecule has 0 saturated carbocycles. The van der Waals surface area contributed by atoms with Gasteiger partial charge in [-0.15, -0.1) is 0 Å². The summed E-state index contributed by atoms with van der Waals surface area (Å²) < 4.78 is 41.7. The molecule has 0 saturated heterocycles. The van der Waals surface area contributed by atoms with Crippen molar-refractivity contribution in [3.63, 3.8) is 0 Å². The summed E-state index contributed by atoms with van der Waals surface area (Å²) in [5.74, 6) is -1.57. The Morgan fingerprint density at radius 3 is 2.74 bits per heavy atom. The number of pyridine rings is 2. The predicted molar refractivity (Wildman–Crippen MR) is 114 cm³/mol. The number of alkyl halides is 3. The fourth-order valence-corrected chi connectivity index (χ4v) is 3.65. The molecule has 9 nitrogen and oxygen atoms in total. The lowest BCUT2D eigenvalue weighted by Crippen LogP contribution is -2.29. The van der Waals surface area contributed by atoms with Gasteiger partial charge in [0.1, 0.15) is 5.02 Å². The lowest BCUT2D eigenvalue weighted by atomic mass is 10.1. The number of nitrogens with zero attached hydrogens (tertiary/aromatic N) is 3. The highest BCUT2D eigenvalue weighted by Gasteiger charge is 2.34. The molecule has 1 unspecified atom stereocenters. The first kappa shape index (κ1) is 25.2. The summed E-state index contributed by atoms with van der Waals surface area (Å²) in [6.07, 6.45) is -1.89. The van der Waals surface area contributed by atoms with Gasteiger partial charge in [0.2, 0.25) is 17.7 Å². The number of halogens is 4. The molecule has 3 N–H and O–H groups in total. The van der Waals surface area contributed by atoms with E-state index in [9.17, 15) is 27.6 Å². The zero-order valence-electron chi connectivity index (χ0n) is 18.0. The SMILES string of the molecule is CC(c1cnc(OCC(F)(F)F)c(Cl)c1)N1Cc2c(ccnc2CC(=O)NCCC(N)=O)C1=O. The number of fused-ring (bicyclic) bond motifs is 1. The van der Waals surface area contributed by atoms with Crippen LogP contribution in [-0.2, 0) is 22.6 Å². The average molecular weight is 500 g/mol. The van der Waals surface area contributed by atoms with Gasteiger partial charge in [0.15, 0.2) is 6.61 Å². The Balaban J connectivity index is 1.72. The highest BCUT2D eigenvalue weighted by atomic mass is 35.5. The van der Waals surface area contributed by atoms with Crippen LogP contribution in [-0.4, -0.2) is 51.9 Å². The highest BCUT2D eigenvalue weighted by Crippen LogP contribution is 2.34. The summed E-state index contributed by atoms with van der Waals surface area (Å²) in [7, 11) is 0. The summed E-state index contributed by atoms with van der Waals surface area (Å²) in [5.41, 5.74) is 6.95. The maximum Gasteiger partial charge on any atom is 0.422 e. The van der Waals surface area contributed by atoms with Crippen molar-refractivity contribution in [1.29, 1.82) is 0 Å². The number of carbonyl (C=O) groups excluding carboxylic acids is 3. The molecule has 0 spiro atoms. The fraction of sp³-hybridized carbons (Fsp3) is 0.381. The number of nitrogens with two attached hydrogens (primary N) is 1. The van der Waals surface area contributed by atoms with Gasteiger partial charge in [-0.1, -0.05) is 11.6 Å². The average Bonchev–Trinajstić information content (AvgIpc) is 3.09. The van der Waals surface area contributed by atoms with Crippen LogP contribution in [0.2, 0.25) is 5.02 Å². The normalized spacial score (nSPS) is 14.0. The Kier molecular flexibility index (Phi) is 7.60. The van der Waals surface area contributed by atoms with Crippen molar-refractivity contribution in [2.45, 2.75) is 38.5 Å². The Hall–Kier alpha value is -3.41. The van der Waals surface area contributed by atoms with E-state index in [1.807, 2.05) is 0 Å². The van der Waals surface area contributed by atoms with Crippen molar-refractivity contribution in [2.24, 2.45) is 5.73 Å². The third-order valence-electron chi connectivity index (χ3n) is 5.14. The van der Waals surface area contributed by atoms with Crippen molar-refractivity contribution in [3.05, 3.63) is 51.9 Å². The van der Waals surface area contributed by atoms with Gasteiger partial charge < -0.3 is 20.7 Å². The number of amides is 3. The smallest absolute Gasteiger partial charge is 0.422 e. The lowest BCUT2D eigenvalue weighted by Gasteiger charge is -2.25. The van der Waals surface area contributed by atoms with E-state index >= 15 is 0 Å². The van der Waals surface area contributed by atoms with Crippen molar-refractivity contribution in [1.82, 2.24) is 20.2 Å². The minimum atomic E-state index is -4.53. The molecular formula is C21H21ClF3N5O4. The van der Waals surface area contributed by atoms with E-state index in [0.717, 1.165) is 0 Å². The van der Waals surface area contributed by atoms with E-state index in [4.69, 9.17) is 17.3 Å². The van der Waals surface area contributed by atoms with Crippen LogP contribution in [0.5, 0.6) is 5.88 Å². The Morgan fingerprint density at radius 2 is 2.09 bits per heavy atom. The van der Waals surface area contributed by atoms with Crippen molar-refractivity contribution < 1.29 is 32.3 Å². The molecule has 2 aromatic heterocycles. The van der Waals surface area contributed by atoms with Gasteiger partial charge in [-0.2, -0.15) is 13.2 Å². The van der Waals surface area contributed by atoms with E-state index in [1.54, 1.807) is 13.0 Å². The third-order valence-corrected chi connectivity index (χ3v) is 5.41. The van der Waals surface area contributed by atoms with Crippen molar-refractivity contribution in [2.75, 3.05) is 13.2 Å². The summed E-state index contributed by atoms with van der Waals surface area (Å²) >= 11 is 6.04. The van der Waals surface area contributed by atoms with Crippen LogP contribution in [0, 0.1) is 0 Å². The number of rotatable bonds is 9. The van der Waals surface area contributed by atoms with Crippen LogP contribution in [0.15, 0.2) is 24.5 Å². The monoisotopic (exact) mass is 499 g/mol. The lowest BCUT2D eigenvalue weighted by molar-refractivity contribution is -0.154. The second kappa shape index (κ2) is 10.2. The topological polar surface area (TPSA) is 128 Å². The summed E-state index contributed by atoms with van der Waals surface area (Å²) in [6.45, 7) is 0.455. The zero-order chi connectivity index (χ0) is 25.0. The fourth-order valence-electron chi connectivity index (χ4n) is 3.42. The molecule has 1 aliphatic heterocycles. The Morgan fingerprint density at radius 1 is 1.35 bits per heavy atom. The van der Waals surface area contributed by atoms with Crippen LogP contribution in [0.25, 0.3) is 0 Å². The number of hydrogen-bond acceptors (Lipinski definition) is 6. The molecule has 0 bridgehead atoms. The van der Waals surface area contributed by atoms with Gasteiger partial charge in [0, 0.05) is 43.0 Å². The number of aromatic nitrogens is 2. The van der Waals surface area contributed by atoms with Gasteiger partial charge in [-0.25, -0.2) is 4.98 Å². The minimum absolute atomic E-state index is 0.00642. The van der Waals surface area contributed by atoms with E-state index in [0.29, 0.717) is 22.4 Å². The highest BCUT2D eigenvalue weighted by molar-refractivity contribution is 6.31. The number of hydrogen-bond donors (Lipinski definition) is 2. The Bertz CT molecular complexity index is 1110. The van der Waals surface area contributed by atoms with Crippen molar-refractivity contribution >= 4 is 29.3 Å². The Labute approximate surface area is 197 Å². The molecule has 0 radical (unpaired) electrons. The summed E-state index contributed by atoms with van der Waals surface area (Å²) in [6, 6.07) is 2.42. The van der Waals surface area contributed by atoms with Gasteiger partial charge in [0.05, 0.1) is 18.2 Å². The molecule has 1 aliphatic rings. The first-order chi connectivity index (χ1) is 16.0.